The van der Waals surface area contributed by atoms with Crippen molar-refractivity contribution in [1.82, 2.24) is 19.9 Å². The van der Waals surface area contributed by atoms with Crippen LogP contribution in [0.2, 0.25) is 0 Å². The van der Waals surface area contributed by atoms with Gasteiger partial charge in [-0.3, -0.25) is 9.59 Å². The van der Waals surface area contributed by atoms with Crippen molar-refractivity contribution in [2.45, 2.75) is 38.3 Å². The number of benzene rings is 1. The van der Waals surface area contributed by atoms with E-state index in [1.165, 1.54) is 0 Å². The average Bonchev–Trinajstić information content (AvgIpc) is 3.38. The third kappa shape index (κ3) is 3.34. The quantitative estimate of drug-likeness (QED) is 0.641. The Morgan fingerprint density at radius 2 is 2.09 bits per heavy atom. The number of carbonyl (C=O) groups excluding carboxylic acids is 2. The molecule has 0 spiro atoms. The molecule has 1 aliphatic carbocycles. The molecule has 6 rings (SSSR count). The Morgan fingerprint density at radius 1 is 1.22 bits per heavy atom. The number of amides is 2. The Morgan fingerprint density at radius 3 is 2.88 bits per heavy atom. The van der Waals surface area contributed by atoms with Crippen LogP contribution in [-0.4, -0.2) is 45.6 Å². The van der Waals surface area contributed by atoms with Gasteiger partial charge in [-0.1, -0.05) is 0 Å². The van der Waals surface area contributed by atoms with Gasteiger partial charge in [0.15, 0.2) is 18.2 Å². The minimum Gasteiger partial charge on any atom is -0.488 e. The van der Waals surface area contributed by atoms with Crippen LogP contribution in [0.1, 0.15) is 32.2 Å². The zero-order valence-electron chi connectivity index (χ0n) is 17.6. The molecule has 164 valence electrons. The van der Waals surface area contributed by atoms with Gasteiger partial charge in [-0.05, 0) is 44.0 Å². The van der Waals surface area contributed by atoms with E-state index < -0.39 is 0 Å². The highest BCUT2D eigenvalue weighted by Crippen LogP contribution is 2.42. The van der Waals surface area contributed by atoms with Gasteiger partial charge in [-0.2, -0.15) is 0 Å². The third-order valence-electron chi connectivity index (χ3n) is 6.33. The summed E-state index contributed by atoms with van der Waals surface area (Å²) in [5, 5.41) is 5.64. The SMILES string of the molecule is C[C@@H](Oc1cc(-c2ccc3c(n2)NC(=O)CO3)cc2ncn(C3CC3)c12)[C@H]1CNC(=O)C1. The molecule has 2 aromatic heterocycles. The smallest absolute Gasteiger partial charge is 0.263 e. The van der Waals surface area contributed by atoms with Crippen molar-refractivity contribution >= 4 is 28.7 Å². The molecule has 1 aromatic carbocycles. The summed E-state index contributed by atoms with van der Waals surface area (Å²) in [5.74, 6) is 1.65. The number of hydrogen-bond acceptors (Lipinski definition) is 6. The lowest BCUT2D eigenvalue weighted by molar-refractivity contribution is -0.120. The molecule has 3 aliphatic rings. The second kappa shape index (κ2) is 7.22. The first-order valence-electron chi connectivity index (χ1n) is 10.9. The number of aromatic nitrogens is 3. The maximum absolute atomic E-state index is 11.7. The fourth-order valence-electron chi connectivity index (χ4n) is 4.38. The molecule has 2 amide bonds. The van der Waals surface area contributed by atoms with Gasteiger partial charge in [0.25, 0.3) is 5.91 Å². The lowest BCUT2D eigenvalue weighted by Crippen LogP contribution is -2.26. The number of rotatable bonds is 5. The summed E-state index contributed by atoms with van der Waals surface area (Å²) in [5.41, 5.74) is 3.32. The van der Waals surface area contributed by atoms with Crippen molar-refractivity contribution in [3.05, 3.63) is 30.6 Å². The number of fused-ring (bicyclic) bond motifs is 2. The highest BCUT2D eigenvalue weighted by Gasteiger charge is 2.31. The highest BCUT2D eigenvalue weighted by atomic mass is 16.5. The number of nitrogens with one attached hydrogen (secondary N) is 2. The van der Waals surface area contributed by atoms with Crippen molar-refractivity contribution in [2.24, 2.45) is 5.92 Å². The molecule has 0 bridgehead atoms. The largest absolute Gasteiger partial charge is 0.488 e. The summed E-state index contributed by atoms with van der Waals surface area (Å²) in [7, 11) is 0. The summed E-state index contributed by atoms with van der Waals surface area (Å²) in [6, 6.07) is 8.09. The van der Waals surface area contributed by atoms with E-state index in [0.717, 1.165) is 35.2 Å². The van der Waals surface area contributed by atoms with E-state index in [4.69, 9.17) is 9.47 Å². The van der Waals surface area contributed by atoms with Crippen LogP contribution >= 0.6 is 0 Å². The monoisotopic (exact) mass is 433 g/mol. The first-order chi connectivity index (χ1) is 15.5. The third-order valence-corrected chi connectivity index (χ3v) is 6.33. The molecular weight excluding hydrogens is 410 g/mol. The zero-order chi connectivity index (χ0) is 21.8. The second-order valence-electron chi connectivity index (χ2n) is 8.70. The van der Waals surface area contributed by atoms with Crippen LogP contribution in [0.4, 0.5) is 5.82 Å². The Balaban J connectivity index is 1.41. The van der Waals surface area contributed by atoms with Crippen LogP contribution in [0.3, 0.4) is 0 Å². The van der Waals surface area contributed by atoms with Crippen molar-refractivity contribution in [3.63, 3.8) is 0 Å². The van der Waals surface area contributed by atoms with Crippen LogP contribution in [0, 0.1) is 5.92 Å². The highest BCUT2D eigenvalue weighted by molar-refractivity contribution is 5.95. The predicted molar refractivity (Wildman–Crippen MR) is 117 cm³/mol. The minimum atomic E-state index is -0.224. The predicted octanol–water partition coefficient (Wildman–Crippen LogP) is 2.67. The first-order valence-corrected chi connectivity index (χ1v) is 10.9. The van der Waals surface area contributed by atoms with Gasteiger partial charge in [0.1, 0.15) is 17.4 Å². The molecule has 0 radical (unpaired) electrons. The number of imidazole rings is 1. The van der Waals surface area contributed by atoms with Crippen molar-refractivity contribution in [2.75, 3.05) is 18.5 Å². The Kier molecular flexibility index (Phi) is 4.31. The Hall–Kier alpha value is -3.62. The van der Waals surface area contributed by atoms with E-state index in [2.05, 4.69) is 25.2 Å². The maximum Gasteiger partial charge on any atom is 0.263 e. The standard InChI is InChI=1S/C23H23N5O4/c1-12(14-8-20(29)24-9-14)32-19-7-13(6-17-22(19)28(11-25-17)15-2-3-15)16-4-5-18-23(26-16)27-21(30)10-31-18/h4-7,11-12,14-15H,2-3,8-10H2,1H3,(H,24,29)(H,26,27,30)/t12-,14-/m1/s1. The van der Waals surface area contributed by atoms with E-state index in [9.17, 15) is 9.59 Å². The van der Waals surface area contributed by atoms with Gasteiger partial charge < -0.3 is 24.7 Å². The summed E-state index contributed by atoms with van der Waals surface area (Å²) < 4.78 is 14.1. The van der Waals surface area contributed by atoms with E-state index in [0.29, 0.717) is 36.3 Å². The number of ether oxygens (including phenoxy) is 2. The average molecular weight is 433 g/mol. The molecule has 1 saturated heterocycles. The molecule has 9 nitrogen and oxygen atoms in total. The number of nitrogens with zero attached hydrogens (tertiary/aromatic N) is 3. The van der Waals surface area contributed by atoms with Gasteiger partial charge >= 0.3 is 0 Å². The summed E-state index contributed by atoms with van der Waals surface area (Å²) in [6.45, 7) is 2.62. The molecular formula is C23H23N5O4. The zero-order valence-corrected chi connectivity index (χ0v) is 17.6. The summed E-state index contributed by atoms with van der Waals surface area (Å²) >= 11 is 0. The van der Waals surface area contributed by atoms with Gasteiger partial charge in [-0.25, -0.2) is 9.97 Å². The minimum absolute atomic E-state index is 0.00695. The Bertz CT molecular complexity index is 1250. The molecule has 2 N–H and O–H groups in total. The molecule has 0 unspecified atom stereocenters. The maximum atomic E-state index is 11.7. The molecule has 2 fully saturated rings. The van der Waals surface area contributed by atoms with Gasteiger partial charge in [-0.15, -0.1) is 0 Å². The topological polar surface area (TPSA) is 107 Å². The molecule has 32 heavy (non-hydrogen) atoms. The van der Waals surface area contributed by atoms with Crippen molar-refractivity contribution in [1.29, 1.82) is 0 Å². The number of anilines is 1. The van der Waals surface area contributed by atoms with Crippen LogP contribution in [-0.2, 0) is 9.59 Å². The fourth-order valence-corrected chi connectivity index (χ4v) is 4.38. The lowest BCUT2D eigenvalue weighted by Gasteiger charge is -2.21. The van der Waals surface area contributed by atoms with Gasteiger partial charge in [0.05, 0.1) is 17.5 Å². The molecule has 2 aliphatic heterocycles. The molecule has 3 aromatic rings. The van der Waals surface area contributed by atoms with Crippen LogP contribution in [0.15, 0.2) is 30.6 Å². The second-order valence-corrected chi connectivity index (χ2v) is 8.70. The molecule has 1 saturated carbocycles. The number of hydrogen-bond donors (Lipinski definition) is 2. The van der Waals surface area contributed by atoms with Crippen LogP contribution in [0.25, 0.3) is 22.3 Å². The normalized spacial score (nSPS) is 21.0. The fraction of sp³-hybridized carbons (Fsp3) is 0.391. The van der Waals surface area contributed by atoms with E-state index >= 15 is 0 Å². The van der Waals surface area contributed by atoms with Crippen molar-refractivity contribution < 1.29 is 19.1 Å². The molecule has 2 atom stereocenters. The lowest BCUT2D eigenvalue weighted by atomic mass is 10.0. The number of carbonyl (C=O) groups is 2. The molecule has 9 heteroatoms. The first kappa shape index (κ1) is 19.1. The summed E-state index contributed by atoms with van der Waals surface area (Å²) in [6.07, 6.45) is 4.47. The van der Waals surface area contributed by atoms with Crippen LogP contribution in [0.5, 0.6) is 11.5 Å². The van der Waals surface area contributed by atoms with Gasteiger partial charge in [0.2, 0.25) is 5.91 Å². The van der Waals surface area contributed by atoms with E-state index in [1.54, 1.807) is 0 Å². The Labute approximate surface area is 184 Å². The van der Waals surface area contributed by atoms with Crippen molar-refractivity contribution in [3.8, 4) is 22.8 Å². The van der Waals surface area contributed by atoms with Crippen LogP contribution < -0.4 is 20.1 Å². The summed E-state index contributed by atoms with van der Waals surface area (Å²) in [4.78, 5) is 32.6. The van der Waals surface area contributed by atoms with E-state index in [-0.39, 0.29) is 30.4 Å². The van der Waals surface area contributed by atoms with E-state index in [1.807, 2.05) is 37.5 Å². The molecule has 4 heterocycles. The van der Waals surface area contributed by atoms with Gasteiger partial charge in [0, 0.05) is 30.5 Å². The number of pyridine rings is 1.